The number of rotatable bonds is 4. The van der Waals surface area contributed by atoms with Gasteiger partial charge < -0.3 is 20.7 Å². The zero-order chi connectivity index (χ0) is 26.3. The fourth-order valence-electron chi connectivity index (χ4n) is 6.09. The molecule has 2 bridgehead atoms. The monoisotopic (exact) mass is 576 g/mol. The lowest BCUT2D eigenvalue weighted by atomic mass is 10.0. The van der Waals surface area contributed by atoms with Crippen molar-refractivity contribution >= 4 is 66.8 Å². The van der Waals surface area contributed by atoms with Crippen molar-refractivity contribution in [2.75, 3.05) is 43.2 Å². The molecule has 4 aromatic rings. The topological polar surface area (TPSA) is 98.3 Å². The van der Waals surface area contributed by atoms with E-state index in [9.17, 15) is 9.18 Å². The average molecular weight is 577 g/mol. The molecule has 13 heteroatoms. The second kappa shape index (κ2) is 9.02. The van der Waals surface area contributed by atoms with Gasteiger partial charge in [0, 0.05) is 65.5 Å². The van der Waals surface area contributed by atoms with E-state index in [1.54, 1.807) is 17.7 Å². The molecule has 198 valence electrons. The third-order valence-corrected chi connectivity index (χ3v) is 10.0. The van der Waals surface area contributed by atoms with Crippen LogP contribution in [-0.2, 0) is 4.74 Å². The second-order valence-electron chi connectivity index (χ2n) is 9.95. The first-order chi connectivity index (χ1) is 18.3. The molecule has 2 saturated heterocycles. The number of hydrogen-bond acceptors (Lipinski definition) is 9. The molecule has 3 atom stereocenters. The number of ether oxygens (including phenoxy) is 1. The number of halogens is 3. The Hall–Kier alpha value is -2.51. The van der Waals surface area contributed by atoms with Gasteiger partial charge in [0.25, 0.3) is 0 Å². The molecule has 0 saturated carbocycles. The smallest absolute Gasteiger partial charge is 0.350 e. The van der Waals surface area contributed by atoms with Gasteiger partial charge in [0.2, 0.25) is 0 Å². The standard InChI is InChI=1S/C25H23ClF2N6O2S2/c1-36-8-12-9-37-22-17(18-15(27)5-16(28)21-19(18)31-24(29)38-21)14(26)4-13-20(22)34(12)25(35)32-23(13)33-6-10-2-3-11(7-33)30-10/h4-5,10-12,30H,2-3,6-9H2,1H3,(H2,29,31)/t10?,11?,12-/m0/s1. The third kappa shape index (κ3) is 3.64. The third-order valence-electron chi connectivity index (χ3n) is 7.60. The van der Waals surface area contributed by atoms with Gasteiger partial charge in [-0.05, 0) is 18.9 Å². The van der Waals surface area contributed by atoms with E-state index in [1.165, 1.54) is 11.8 Å². The molecular weight excluding hydrogens is 554 g/mol. The molecule has 3 aliphatic heterocycles. The maximum atomic E-state index is 15.5. The fraction of sp³-hybridized carbons (Fsp3) is 0.400. The highest BCUT2D eigenvalue weighted by Crippen LogP contribution is 2.50. The van der Waals surface area contributed by atoms with Crippen molar-refractivity contribution in [3.05, 3.63) is 39.3 Å². The van der Waals surface area contributed by atoms with Gasteiger partial charge in [0.1, 0.15) is 17.5 Å². The fourth-order valence-corrected chi connectivity index (χ4v) is 8.49. The van der Waals surface area contributed by atoms with E-state index in [0.29, 0.717) is 46.2 Å². The highest BCUT2D eigenvalue weighted by Gasteiger charge is 2.36. The summed E-state index contributed by atoms with van der Waals surface area (Å²) in [5.41, 5.74) is 6.70. The number of hydrogen-bond donors (Lipinski definition) is 2. The van der Waals surface area contributed by atoms with Gasteiger partial charge in [-0.1, -0.05) is 22.9 Å². The Kier molecular flexibility index (Phi) is 5.82. The van der Waals surface area contributed by atoms with Crippen molar-refractivity contribution in [1.29, 1.82) is 0 Å². The van der Waals surface area contributed by atoms with Gasteiger partial charge in [0.05, 0.1) is 33.4 Å². The minimum atomic E-state index is -0.792. The Morgan fingerprint density at radius 2 is 1.95 bits per heavy atom. The van der Waals surface area contributed by atoms with E-state index >= 15 is 4.39 Å². The van der Waals surface area contributed by atoms with Crippen molar-refractivity contribution in [3.63, 3.8) is 0 Å². The summed E-state index contributed by atoms with van der Waals surface area (Å²) >= 11 is 9.36. The van der Waals surface area contributed by atoms with Crippen LogP contribution in [0.5, 0.6) is 0 Å². The van der Waals surface area contributed by atoms with Crippen LogP contribution in [0.25, 0.3) is 32.2 Å². The summed E-state index contributed by atoms with van der Waals surface area (Å²) in [6.45, 7) is 1.78. The highest BCUT2D eigenvalue weighted by atomic mass is 35.5. The summed E-state index contributed by atoms with van der Waals surface area (Å²) in [5, 5.41) is 4.73. The van der Waals surface area contributed by atoms with Crippen LogP contribution in [0.4, 0.5) is 19.7 Å². The minimum absolute atomic E-state index is 0.0755. The lowest BCUT2D eigenvalue weighted by molar-refractivity contribution is 0.163. The highest BCUT2D eigenvalue weighted by molar-refractivity contribution is 7.99. The summed E-state index contributed by atoms with van der Waals surface area (Å²) in [5.74, 6) is -0.451. The van der Waals surface area contributed by atoms with Gasteiger partial charge >= 0.3 is 5.69 Å². The van der Waals surface area contributed by atoms with Gasteiger partial charge in [-0.3, -0.25) is 4.57 Å². The summed E-state index contributed by atoms with van der Waals surface area (Å²) in [4.78, 5) is 25.2. The Balaban J connectivity index is 1.55. The number of nitrogens with zero attached hydrogens (tertiary/aromatic N) is 4. The Morgan fingerprint density at radius 3 is 2.68 bits per heavy atom. The molecule has 0 spiro atoms. The molecule has 0 aliphatic carbocycles. The number of fused-ring (bicyclic) bond motifs is 3. The number of methoxy groups -OCH3 is 1. The number of thioether (sulfide) groups is 1. The van der Waals surface area contributed by atoms with E-state index in [1.807, 2.05) is 0 Å². The number of nitrogen functional groups attached to an aromatic ring is 1. The predicted octanol–water partition coefficient (Wildman–Crippen LogP) is 4.42. The first kappa shape index (κ1) is 24.5. The average Bonchev–Trinajstić information content (AvgIpc) is 3.44. The van der Waals surface area contributed by atoms with E-state index in [2.05, 4.69) is 20.2 Å². The van der Waals surface area contributed by atoms with Gasteiger partial charge in [-0.2, -0.15) is 4.98 Å². The quantitative estimate of drug-likeness (QED) is 0.368. The molecule has 2 aromatic heterocycles. The number of anilines is 2. The largest absolute Gasteiger partial charge is 0.383 e. The van der Waals surface area contributed by atoms with Crippen molar-refractivity contribution in [2.45, 2.75) is 35.9 Å². The van der Waals surface area contributed by atoms with Crippen LogP contribution in [0, 0.1) is 11.6 Å². The van der Waals surface area contributed by atoms with E-state index in [4.69, 9.17) is 22.1 Å². The first-order valence-electron chi connectivity index (χ1n) is 12.3. The summed E-state index contributed by atoms with van der Waals surface area (Å²) in [6, 6.07) is 2.99. The number of benzene rings is 2. The molecule has 8 nitrogen and oxygen atoms in total. The second-order valence-corrected chi connectivity index (χ2v) is 12.4. The van der Waals surface area contributed by atoms with Gasteiger partial charge in [-0.25, -0.2) is 18.6 Å². The summed E-state index contributed by atoms with van der Waals surface area (Å²) in [6.07, 6.45) is 2.16. The van der Waals surface area contributed by atoms with Crippen LogP contribution in [0.1, 0.15) is 18.9 Å². The van der Waals surface area contributed by atoms with Crippen molar-refractivity contribution in [1.82, 2.24) is 19.9 Å². The predicted molar refractivity (Wildman–Crippen MR) is 148 cm³/mol. The van der Waals surface area contributed by atoms with E-state index in [-0.39, 0.29) is 32.0 Å². The first-order valence-corrected chi connectivity index (χ1v) is 14.5. The number of nitrogens with one attached hydrogen (secondary N) is 1. The van der Waals surface area contributed by atoms with Crippen LogP contribution in [0.2, 0.25) is 5.02 Å². The van der Waals surface area contributed by atoms with Crippen LogP contribution >= 0.6 is 34.7 Å². The van der Waals surface area contributed by atoms with Crippen molar-refractivity contribution < 1.29 is 13.5 Å². The normalized spacial score (nSPS) is 22.6. The van der Waals surface area contributed by atoms with Gasteiger partial charge in [-0.15, -0.1) is 11.8 Å². The van der Waals surface area contributed by atoms with Crippen molar-refractivity contribution in [2.24, 2.45) is 0 Å². The minimum Gasteiger partial charge on any atom is -0.383 e. The lowest BCUT2D eigenvalue weighted by Gasteiger charge is -2.36. The molecular formula is C25H23ClF2N6O2S2. The Labute approximate surface area is 229 Å². The molecule has 3 N–H and O–H groups in total. The van der Waals surface area contributed by atoms with Crippen LogP contribution in [0.15, 0.2) is 21.8 Å². The number of nitrogens with two attached hydrogens (primary N) is 1. The molecule has 2 unspecified atom stereocenters. The molecule has 3 aliphatic rings. The SMILES string of the molecule is COC[C@H]1CSc2c(-c3c(F)cc(F)c4sc(N)nc34)c(Cl)cc3c(N4CC5CCC(C4)N5)nc(=O)n1c23. The Bertz CT molecular complexity index is 1680. The van der Waals surface area contributed by atoms with Crippen molar-refractivity contribution in [3.8, 4) is 11.1 Å². The molecule has 38 heavy (non-hydrogen) atoms. The molecule has 5 heterocycles. The van der Waals surface area contributed by atoms with E-state index in [0.717, 1.165) is 48.7 Å². The molecule has 0 amide bonds. The Morgan fingerprint density at radius 1 is 1.18 bits per heavy atom. The molecule has 2 fully saturated rings. The summed E-state index contributed by atoms with van der Waals surface area (Å²) < 4.78 is 37.4. The number of thiazole rings is 1. The zero-order valence-corrected chi connectivity index (χ0v) is 22.7. The molecule has 2 aromatic carbocycles. The van der Waals surface area contributed by atoms with Gasteiger partial charge in [0.15, 0.2) is 5.13 Å². The molecule has 0 radical (unpaired) electrons. The number of aromatic nitrogens is 3. The van der Waals surface area contributed by atoms with Crippen LogP contribution in [-0.4, -0.2) is 59.2 Å². The molecule has 7 rings (SSSR count). The van der Waals surface area contributed by atoms with E-state index < -0.39 is 17.3 Å². The maximum absolute atomic E-state index is 15.5. The zero-order valence-electron chi connectivity index (χ0n) is 20.3. The van der Waals surface area contributed by atoms with Crippen LogP contribution < -0.4 is 21.6 Å². The number of piperazine rings is 1. The maximum Gasteiger partial charge on any atom is 0.350 e. The lowest BCUT2D eigenvalue weighted by Crippen LogP contribution is -2.52. The summed E-state index contributed by atoms with van der Waals surface area (Å²) in [7, 11) is 1.59. The van der Waals surface area contributed by atoms with Crippen LogP contribution in [0.3, 0.4) is 0 Å².